The minimum absolute atomic E-state index is 0.0748. The molecule has 0 heterocycles. The van der Waals surface area contributed by atoms with Gasteiger partial charge in [-0.25, -0.2) is 4.39 Å². The molecule has 0 aliphatic heterocycles. The first-order valence-electron chi connectivity index (χ1n) is 10.4. The zero-order chi connectivity index (χ0) is 27.8. The summed E-state index contributed by atoms with van der Waals surface area (Å²) in [7, 11) is 0. The Kier molecular flexibility index (Phi) is 7.20. The fraction of sp³-hybridized carbons (Fsp3) is 0.208. The molecule has 0 aromatic heterocycles. The summed E-state index contributed by atoms with van der Waals surface area (Å²) in [5.41, 5.74) is -6.86. The summed E-state index contributed by atoms with van der Waals surface area (Å²) in [5.74, 6) is -0.732. The maximum Gasteiger partial charge on any atom is 0.435 e. The predicted molar refractivity (Wildman–Crippen MR) is 122 cm³/mol. The summed E-state index contributed by atoms with van der Waals surface area (Å²) in [6.07, 6.45) is -12.5. The summed E-state index contributed by atoms with van der Waals surface area (Å²) < 4.78 is 93.2. The molecule has 0 bridgehead atoms. The lowest BCUT2D eigenvalue weighted by Crippen LogP contribution is -2.50. The van der Waals surface area contributed by atoms with Gasteiger partial charge in [-0.15, -0.1) is 0 Å². The third kappa shape index (κ3) is 5.49. The largest absolute Gasteiger partial charge is 0.435 e. The molecule has 2 N–H and O–H groups in total. The molecule has 0 saturated heterocycles. The third-order valence-corrected chi connectivity index (χ3v) is 5.44. The molecule has 3 aromatic carbocycles. The summed E-state index contributed by atoms with van der Waals surface area (Å²) in [6.45, 7) is 2.29. The lowest BCUT2D eigenvalue weighted by molar-refractivity contribution is -0.384. The molecule has 0 atom stereocenters. The van der Waals surface area contributed by atoms with Crippen molar-refractivity contribution in [2.75, 3.05) is 10.6 Å². The van der Waals surface area contributed by atoms with Crippen molar-refractivity contribution >= 4 is 28.7 Å². The Morgan fingerprint density at radius 3 is 1.84 bits per heavy atom. The van der Waals surface area contributed by atoms with Gasteiger partial charge in [-0.3, -0.25) is 14.9 Å². The maximum absolute atomic E-state index is 14.5. The van der Waals surface area contributed by atoms with Crippen LogP contribution in [-0.4, -0.2) is 23.2 Å². The number of aryl methyl sites for hydroxylation is 2. The fourth-order valence-corrected chi connectivity index (χ4v) is 3.60. The lowest BCUT2D eigenvalue weighted by Gasteiger charge is -2.31. The number of hydrogen-bond donors (Lipinski definition) is 2. The van der Waals surface area contributed by atoms with Crippen molar-refractivity contribution in [3.63, 3.8) is 0 Å². The Labute approximate surface area is 205 Å². The van der Waals surface area contributed by atoms with Gasteiger partial charge >= 0.3 is 18.0 Å². The number of carbonyl (C=O) groups is 1. The quantitative estimate of drug-likeness (QED) is 0.197. The molecule has 196 valence electrons. The molecule has 1 amide bonds. The monoisotopic (exact) mass is 529 g/mol. The maximum atomic E-state index is 14.5. The van der Waals surface area contributed by atoms with Gasteiger partial charge in [-0.2, -0.15) is 26.3 Å². The molecule has 13 heteroatoms. The van der Waals surface area contributed by atoms with Crippen LogP contribution < -0.4 is 10.6 Å². The van der Waals surface area contributed by atoms with Crippen LogP contribution in [-0.2, 0) is 5.67 Å². The van der Waals surface area contributed by atoms with Crippen molar-refractivity contribution in [2.24, 2.45) is 0 Å². The summed E-state index contributed by atoms with van der Waals surface area (Å²) >= 11 is 0. The van der Waals surface area contributed by atoms with Crippen LogP contribution in [0, 0.1) is 24.0 Å². The number of nitro groups is 1. The minimum atomic E-state index is -6.26. The lowest BCUT2D eigenvalue weighted by atomic mass is 9.90. The summed E-state index contributed by atoms with van der Waals surface area (Å²) in [6, 6.07) is 12.2. The van der Waals surface area contributed by atoms with Crippen LogP contribution in [0.4, 0.5) is 53.5 Å². The number of nitrogens with zero attached hydrogens (tertiary/aromatic N) is 1. The van der Waals surface area contributed by atoms with Crippen LogP contribution >= 0.6 is 0 Å². The molecule has 0 spiro atoms. The van der Waals surface area contributed by atoms with Crippen LogP contribution in [0.1, 0.15) is 27.0 Å². The molecule has 0 saturated carbocycles. The number of amides is 1. The van der Waals surface area contributed by atoms with Gasteiger partial charge < -0.3 is 10.6 Å². The first kappa shape index (κ1) is 27.4. The first-order chi connectivity index (χ1) is 17.0. The molecule has 3 aromatic rings. The number of benzene rings is 3. The number of alkyl halides is 7. The Bertz CT molecular complexity index is 1300. The van der Waals surface area contributed by atoms with Gasteiger partial charge in [0, 0.05) is 40.3 Å². The van der Waals surface area contributed by atoms with E-state index in [2.05, 4.69) is 10.6 Å². The number of non-ortho nitro benzene ring substituents is 1. The van der Waals surface area contributed by atoms with E-state index in [9.17, 15) is 45.6 Å². The normalized spacial score (nSPS) is 12.2. The van der Waals surface area contributed by atoms with Gasteiger partial charge in [0.15, 0.2) is 0 Å². The summed E-state index contributed by atoms with van der Waals surface area (Å²) in [5, 5.41) is 16.1. The second-order valence-corrected chi connectivity index (χ2v) is 8.10. The SMILES string of the molecule is Cc1cc(C(F)(C(F)(F)F)C(F)(F)F)cc(C)c1NC(=O)c1cccc(Nc2ccc([N+](=O)[O-])cc2)c1. The Balaban J connectivity index is 1.86. The summed E-state index contributed by atoms with van der Waals surface area (Å²) in [4.78, 5) is 23.0. The van der Waals surface area contributed by atoms with Crippen LogP contribution in [0.3, 0.4) is 0 Å². The molecular formula is C24H18F7N3O3. The van der Waals surface area contributed by atoms with Crippen molar-refractivity contribution in [3.05, 3.63) is 93.0 Å². The number of nitrogens with one attached hydrogen (secondary N) is 2. The van der Waals surface area contributed by atoms with Crippen LogP contribution in [0.15, 0.2) is 60.7 Å². The highest BCUT2D eigenvalue weighted by Crippen LogP contribution is 2.53. The van der Waals surface area contributed by atoms with E-state index in [4.69, 9.17) is 0 Å². The molecule has 6 nitrogen and oxygen atoms in total. The van der Waals surface area contributed by atoms with E-state index in [-0.39, 0.29) is 28.1 Å². The van der Waals surface area contributed by atoms with Crippen LogP contribution in [0.2, 0.25) is 0 Å². The van der Waals surface area contributed by atoms with E-state index in [1.165, 1.54) is 42.5 Å². The highest BCUT2D eigenvalue weighted by molar-refractivity contribution is 6.05. The second-order valence-electron chi connectivity index (χ2n) is 8.10. The average molecular weight is 529 g/mol. The molecular weight excluding hydrogens is 511 g/mol. The molecule has 0 aliphatic rings. The number of nitro benzene ring substituents is 1. The Morgan fingerprint density at radius 1 is 0.811 bits per heavy atom. The van der Waals surface area contributed by atoms with Crippen molar-refractivity contribution in [1.82, 2.24) is 0 Å². The van der Waals surface area contributed by atoms with E-state index in [1.54, 1.807) is 6.07 Å². The molecule has 0 unspecified atom stereocenters. The molecule has 37 heavy (non-hydrogen) atoms. The zero-order valence-corrected chi connectivity index (χ0v) is 19.1. The third-order valence-electron chi connectivity index (χ3n) is 5.44. The molecule has 0 radical (unpaired) electrons. The molecule has 0 aliphatic carbocycles. The second kappa shape index (κ2) is 9.71. The van der Waals surface area contributed by atoms with E-state index in [1.807, 2.05) is 0 Å². The highest BCUT2D eigenvalue weighted by atomic mass is 19.4. The van der Waals surface area contributed by atoms with Crippen molar-refractivity contribution < 1.29 is 40.5 Å². The Hall–Kier alpha value is -4.16. The van der Waals surface area contributed by atoms with Gasteiger partial charge in [0.1, 0.15) is 0 Å². The number of carbonyl (C=O) groups excluding carboxylic acids is 1. The average Bonchev–Trinajstić information content (AvgIpc) is 2.79. The van der Waals surface area contributed by atoms with E-state index in [0.717, 1.165) is 13.8 Å². The predicted octanol–water partition coefficient (Wildman–Crippen LogP) is 7.50. The van der Waals surface area contributed by atoms with Gasteiger partial charge in [0.25, 0.3) is 11.6 Å². The Morgan fingerprint density at radius 2 is 1.35 bits per heavy atom. The van der Waals surface area contributed by atoms with Gasteiger partial charge in [0.05, 0.1) is 4.92 Å². The number of hydrogen-bond acceptors (Lipinski definition) is 4. The van der Waals surface area contributed by atoms with Crippen molar-refractivity contribution in [3.8, 4) is 0 Å². The standard InChI is InChI=1S/C24H18F7N3O3/c1-13-10-16(22(25,23(26,27)28)24(29,30)31)11-14(2)20(13)33-21(35)15-4-3-5-18(12-15)32-17-6-8-19(9-7-17)34(36)37/h3-12,32H,1-2H3,(H,33,35). The topological polar surface area (TPSA) is 84.3 Å². The first-order valence-corrected chi connectivity index (χ1v) is 10.4. The molecule has 3 rings (SSSR count). The van der Waals surface area contributed by atoms with Crippen molar-refractivity contribution in [1.29, 1.82) is 0 Å². The number of anilines is 3. The van der Waals surface area contributed by atoms with Gasteiger partial charge in [-0.1, -0.05) is 18.2 Å². The minimum Gasteiger partial charge on any atom is -0.356 e. The van der Waals surface area contributed by atoms with Gasteiger partial charge in [0.2, 0.25) is 0 Å². The van der Waals surface area contributed by atoms with Crippen LogP contribution in [0.5, 0.6) is 0 Å². The highest BCUT2D eigenvalue weighted by Gasteiger charge is 2.73. The van der Waals surface area contributed by atoms with Crippen molar-refractivity contribution in [2.45, 2.75) is 31.9 Å². The number of rotatable bonds is 6. The van der Waals surface area contributed by atoms with Gasteiger partial charge in [-0.05, 0) is 55.3 Å². The smallest absolute Gasteiger partial charge is 0.356 e. The number of halogens is 7. The van der Waals surface area contributed by atoms with E-state index < -0.39 is 34.4 Å². The fourth-order valence-electron chi connectivity index (χ4n) is 3.60. The van der Waals surface area contributed by atoms with E-state index >= 15 is 0 Å². The van der Waals surface area contributed by atoms with E-state index in [0.29, 0.717) is 23.5 Å². The van der Waals surface area contributed by atoms with Crippen LogP contribution in [0.25, 0.3) is 0 Å². The zero-order valence-electron chi connectivity index (χ0n) is 19.1. The molecule has 0 fully saturated rings.